The molecule has 39 heavy (non-hydrogen) atoms. The number of carbonyl (C=O) groups excluding carboxylic acids is 3. The van der Waals surface area contributed by atoms with Crippen molar-refractivity contribution in [3.63, 3.8) is 0 Å². The summed E-state index contributed by atoms with van der Waals surface area (Å²) in [7, 11) is 1.34. The fourth-order valence-electron chi connectivity index (χ4n) is 5.73. The topological polar surface area (TPSA) is 172 Å². The Bertz CT molecular complexity index is 1390. The van der Waals surface area contributed by atoms with Crippen molar-refractivity contribution < 1.29 is 49.0 Å². The van der Waals surface area contributed by atoms with Crippen LogP contribution < -0.4 is 9.08 Å². The molecule has 208 valence electrons. The number of nitrogens with one attached hydrogen (secondary N) is 1. The van der Waals surface area contributed by atoms with E-state index in [0.29, 0.717) is 0 Å². The summed E-state index contributed by atoms with van der Waals surface area (Å²) in [6.45, 7) is 2.84. The summed E-state index contributed by atoms with van der Waals surface area (Å²) < 4.78 is 20.1. The normalized spacial score (nSPS) is 29.8. The molecule has 1 fully saturated rings. The van der Waals surface area contributed by atoms with Gasteiger partial charge in [0.2, 0.25) is 5.78 Å². The smallest absolute Gasteiger partial charge is 0.202 e. The molecule has 11 nitrogen and oxygen atoms in total. The lowest BCUT2D eigenvalue weighted by atomic mass is 9.72. The fourth-order valence-corrected chi connectivity index (χ4v) is 6.19. The highest BCUT2D eigenvalue weighted by molar-refractivity contribution is 9.08. The maximum Gasteiger partial charge on any atom is 0.202 e. The number of aromatic hydroxyl groups is 2. The van der Waals surface area contributed by atoms with Crippen LogP contribution in [0.4, 0.5) is 0 Å². The van der Waals surface area contributed by atoms with Crippen LogP contribution in [0.1, 0.15) is 75.8 Å². The molecule has 6 atom stereocenters. The van der Waals surface area contributed by atoms with Crippen molar-refractivity contribution >= 4 is 33.5 Å². The maximum atomic E-state index is 13.7. The van der Waals surface area contributed by atoms with Crippen molar-refractivity contribution in [2.24, 2.45) is 0 Å². The van der Waals surface area contributed by atoms with Gasteiger partial charge >= 0.3 is 0 Å². The zero-order valence-corrected chi connectivity index (χ0v) is 22.9. The van der Waals surface area contributed by atoms with E-state index in [1.54, 1.807) is 6.92 Å². The molecule has 0 amide bonds. The molecule has 2 aromatic rings. The van der Waals surface area contributed by atoms with E-state index in [4.69, 9.17) is 14.2 Å². The second-order valence-electron chi connectivity index (χ2n) is 10.2. The van der Waals surface area contributed by atoms with Crippen molar-refractivity contribution in [3.05, 3.63) is 51.6 Å². The molecule has 1 saturated heterocycles. The third-order valence-electron chi connectivity index (χ3n) is 7.89. The van der Waals surface area contributed by atoms with Gasteiger partial charge in [-0.1, -0.05) is 12.1 Å². The summed E-state index contributed by atoms with van der Waals surface area (Å²) in [6.07, 6.45) is -4.26. The summed E-state index contributed by atoms with van der Waals surface area (Å²) in [5.74, 6) is -3.14. The van der Waals surface area contributed by atoms with E-state index in [0.717, 1.165) is 0 Å². The number of Topliss-reactive ketones (excluding diaryl/α,β-unsaturated/α-hetero) is 1. The average molecular weight is 606 g/mol. The number of ether oxygens (including phenoxy) is 3. The number of rotatable bonds is 5. The number of aliphatic hydroxyl groups is 2. The number of phenols is 2. The highest BCUT2D eigenvalue weighted by Gasteiger charge is 2.49. The minimum atomic E-state index is -1.99. The van der Waals surface area contributed by atoms with Crippen molar-refractivity contribution in [1.82, 2.24) is 4.34 Å². The number of methoxy groups -OCH3 is 1. The quantitative estimate of drug-likeness (QED) is 0.212. The van der Waals surface area contributed by atoms with Gasteiger partial charge in [-0.3, -0.25) is 14.4 Å². The Morgan fingerprint density at radius 3 is 2.49 bits per heavy atom. The standard InChI is InChI=1S/C27H28BrNO10/c1-10-22(31)14(29-28)7-17(38-10)39-16-9-27(36,11(2)30)8-13-19(16)26(35)21-20(24(13)33)23(32)12-5-4-6-15(37-3)18(12)25(21)34/h4-6,10,14,16-17,22,29,31,33,35-36H,7-9H2,1-3H3/t10?,14?,16-,17?,22?,27-/m0/s1. The molecule has 0 aromatic heterocycles. The third kappa shape index (κ3) is 4.26. The van der Waals surface area contributed by atoms with E-state index in [2.05, 4.69) is 20.5 Å². The lowest BCUT2D eigenvalue weighted by Gasteiger charge is -2.42. The van der Waals surface area contributed by atoms with Gasteiger partial charge in [-0.25, -0.2) is 4.34 Å². The van der Waals surface area contributed by atoms with Crippen LogP contribution in [0.15, 0.2) is 18.2 Å². The number of halogens is 1. The van der Waals surface area contributed by atoms with Crippen LogP contribution in [0.2, 0.25) is 0 Å². The monoisotopic (exact) mass is 605 g/mol. The molecule has 2 aromatic carbocycles. The molecule has 5 N–H and O–H groups in total. The number of hydrogen-bond acceptors (Lipinski definition) is 11. The van der Waals surface area contributed by atoms with Crippen LogP contribution in [0, 0.1) is 0 Å². The van der Waals surface area contributed by atoms with E-state index < -0.39 is 82.6 Å². The summed E-state index contributed by atoms with van der Waals surface area (Å²) in [6, 6.07) is 3.98. The fraction of sp³-hybridized carbons (Fsp3) is 0.444. The van der Waals surface area contributed by atoms with Crippen molar-refractivity contribution in [3.8, 4) is 17.2 Å². The Kier molecular flexibility index (Phi) is 7.06. The molecule has 0 bridgehead atoms. The van der Waals surface area contributed by atoms with Gasteiger partial charge in [0, 0.05) is 52.1 Å². The van der Waals surface area contributed by atoms with Gasteiger partial charge in [0.25, 0.3) is 0 Å². The Morgan fingerprint density at radius 1 is 1.15 bits per heavy atom. The number of aliphatic hydroxyl groups excluding tert-OH is 1. The molecule has 12 heteroatoms. The zero-order valence-electron chi connectivity index (χ0n) is 21.4. The molecule has 5 rings (SSSR count). The van der Waals surface area contributed by atoms with Crippen molar-refractivity contribution in [1.29, 1.82) is 0 Å². The molecule has 1 aliphatic heterocycles. The Balaban J connectivity index is 1.67. The van der Waals surface area contributed by atoms with E-state index >= 15 is 0 Å². The van der Waals surface area contributed by atoms with Crippen molar-refractivity contribution in [2.75, 3.05) is 7.11 Å². The molecule has 0 saturated carbocycles. The number of benzene rings is 2. The lowest BCUT2D eigenvalue weighted by Crippen LogP contribution is -2.52. The number of carbonyl (C=O) groups is 3. The first-order chi connectivity index (χ1) is 18.4. The van der Waals surface area contributed by atoms with Gasteiger partial charge in [-0.05, 0) is 19.9 Å². The van der Waals surface area contributed by atoms with E-state index in [1.165, 1.54) is 32.2 Å². The minimum Gasteiger partial charge on any atom is -0.507 e. The Hall–Kier alpha value is -2.87. The van der Waals surface area contributed by atoms with Crippen LogP contribution in [-0.4, -0.2) is 75.0 Å². The number of hydrogen-bond donors (Lipinski definition) is 5. The van der Waals surface area contributed by atoms with Gasteiger partial charge in [-0.2, -0.15) is 0 Å². The molecular weight excluding hydrogens is 578 g/mol. The number of ketones is 3. The molecular formula is C27H28BrNO10. The second kappa shape index (κ2) is 9.95. The van der Waals surface area contributed by atoms with E-state index in [1.807, 2.05) is 0 Å². The Labute approximate surface area is 232 Å². The van der Waals surface area contributed by atoms with E-state index in [9.17, 15) is 34.8 Å². The lowest BCUT2D eigenvalue weighted by molar-refractivity contribution is -0.248. The highest BCUT2D eigenvalue weighted by Crippen LogP contribution is 2.52. The van der Waals surface area contributed by atoms with Crippen LogP contribution in [0.5, 0.6) is 17.2 Å². The molecule has 0 radical (unpaired) electrons. The van der Waals surface area contributed by atoms with Crippen LogP contribution >= 0.6 is 16.1 Å². The Morgan fingerprint density at radius 2 is 1.85 bits per heavy atom. The third-order valence-corrected chi connectivity index (χ3v) is 8.48. The predicted octanol–water partition coefficient (Wildman–Crippen LogP) is 1.97. The first-order valence-corrected chi connectivity index (χ1v) is 13.2. The average Bonchev–Trinajstić information content (AvgIpc) is 2.90. The molecule has 0 spiro atoms. The minimum absolute atomic E-state index is 0.0107. The van der Waals surface area contributed by atoms with Gasteiger partial charge < -0.3 is 34.6 Å². The summed E-state index contributed by atoms with van der Waals surface area (Å²) in [4.78, 5) is 39.7. The SMILES string of the molecule is COc1cccc2c1C(=O)c1c(O)c3c(c(O)c1C2=O)C[C@@](O)(C(C)=O)C[C@@H]3OC1CC(NBr)C(O)C(C)O1. The molecule has 2 aliphatic carbocycles. The van der Waals surface area contributed by atoms with Gasteiger partial charge in [0.15, 0.2) is 17.9 Å². The predicted molar refractivity (Wildman–Crippen MR) is 138 cm³/mol. The van der Waals surface area contributed by atoms with Gasteiger partial charge in [-0.15, -0.1) is 0 Å². The van der Waals surface area contributed by atoms with Crippen molar-refractivity contribution in [2.45, 2.75) is 69.4 Å². The first kappa shape index (κ1) is 27.7. The van der Waals surface area contributed by atoms with Crippen LogP contribution in [-0.2, 0) is 20.7 Å². The van der Waals surface area contributed by atoms with Gasteiger partial charge in [0.1, 0.15) is 22.8 Å². The van der Waals surface area contributed by atoms with Crippen LogP contribution in [0.25, 0.3) is 0 Å². The highest BCUT2D eigenvalue weighted by atomic mass is 79.9. The first-order valence-electron chi connectivity index (χ1n) is 12.4. The van der Waals surface area contributed by atoms with Gasteiger partial charge in [0.05, 0.1) is 48.2 Å². The maximum absolute atomic E-state index is 13.7. The van der Waals surface area contributed by atoms with E-state index in [-0.39, 0.29) is 40.8 Å². The molecule has 4 unspecified atom stereocenters. The molecule has 1 heterocycles. The largest absolute Gasteiger partial charge is 0.507 e. The summed E-state index contributed by atoms with van der Waals surface area (Å²) in [5.41, 5.74) is -2.99. The summed E-state index contributed by atoms with van der Waals surface area (Å²) in [5, 5.41) is 44.5. The number of phenolic OH excluding ortho intramolecular Hbond substituents is 2. The van der Waals surface area contributed by atoms with Crippen LogP contribution in [0.3, 0.4) is 0 Å². The zero-order chi connectivity index (χ0) is 28.4. The summed E-state index contributed by atoms with van der Waals surface area (Å²) >= 11 is 3.14. The second-order valence-corrected chi connectivity index (χ2v) is 10.6. The molecule has 3 aliphatic rings. The number of fused-ring (bicyclic) bond motifs is 3.